The zero-order valence-corrected chi connectivity index (χ0v) is 20.0. The summed E-state index contributed by atoms with van der Waals surface area (Å²) in [6.45, 7) is 11.1. The first-order chi connectivity index (χ1) is 14.6. The molecule has 2 rings (SSSR count). The van der Waals surface area contributed by atoms with Gasteiger partial charge in [-0.3, -0.25) is 4.79 Å². The standard InChI is InChI=1S/C29H41O/c1-6-11-22-16-23(12-7-2)20-27(19-22)29(30)21-28-25(14-9-4)17-24(13-8-3)18-26(28)15-10-5/h17-20H,6-15,21H2,1-5H3. The number of rotatable bonds is 13. The van der Waals surface area contributed by atoms with Gasteiger partial charge in [0.25, 0.3) is 0 Å². The third-order valence-corrected chi connectivity index (χ3v) is 5.75. The lowest BCUT2D eigenvalue weighted by molar-refractivity contribution is 0.0992. The zero-order chi connectivity index (χ0) is 21.9. The van der Waals surface area contributed by atoms with Crippen LogP contribution in [0.3, 0.4) is 0 Å². The van der Waals surface area contributed by atoms with E-state index in [1.807, 2.05) is 0 Å². The number of hydrogen-bond donors (Lipinski definition) is 0. The van der Waals surface area contributed by atoms with Crippen LogP contribution in [0.2, 0.25) is 0 Å². The van der Waals surface area contributed by atoms with E-state index in [1.165, 1.54) is 33.4 Å². The van der Waals surface area contributed by atoms with Crippen molar-refractivity contribution in [3.63, 3.8) is 0 Å². The molecule has 0 saturated carbocycles. The molecule has 0 spiro atoms. The molecule has 0 atom stereocenters. The van der Waals surface area contributed by atoms with Crippen molar-refractivity contribution in [2.45, 2.75) is 105 Å². The van der Waals surface area contributed by atoms with E-state index < -0.39 is 0 Å². The van der Waals surface area contributed by atoms with E-state index in [-0.39, 0.29) is 5.78 Å². The summed E-state index contributed by atoms with van der Waals surface area (Å²) < 4.78 is 0. The number of hydrogen-bond acceptors (Lipinski definition) is 1. The fraction of sp³-hybridized carbons (Fsp3) is 0.552. The average molecular weight is 406 g/mol. The van der Waals surface area contributed by atoms with Crippen LogP contribution in [0, 0.1) is 6.07 Å². The maximum absolute atomic E-state index is 13.4. The van der Waals surface area contributed by atoms with Crippen LogP contribution < -0.4 is 0 Å². The average Bonchev–Trinajstić information content (AvgIpc) is 2.71. The summed E-state index contributed by atoms with van der Waals surface area (Å²) in [5, 5.41) is 0. The van der Waals surface area contributed by atoms with E-state index in [1.54, 1.807) is 0 Å². The minimum Gasteiger partial charge on any atom is -0.294 e. The topological polar surface area (TPSA) is 17.1 Å². The number of ketones is 1. The molecule has 163 valence electrons. The fourth-order valence-corrected chi connectivity index (χ4v) is 4.44. The fourth-order valence-electron chi connectivity index (χ4n) is 4.44. The van der Waals surface area contributed by atoms with Gasteiger partial charge in [-0.25, -0.2) is 0 Å². The Kier molecular flexibility index (Phi) is 10.3. The van der Waals surface area contributed by atoms with Gasteiger partial charge in [0.05, 0.1) is 0 Å². The number of carbonyl (C=O) groups excluding carboxylic acids is 1. The molecule has 1 heteroatoms. The van der Waals surface area contributed by atoms with E-state index in [0.29, 0.717) is 6.42 Å². The molecule has 0 N–H and O–H groups in total. The highest BCUT2D eigenvalue weighted by atomic mass is 16.1. The zero-order valence-electron chi connectivity index (χ0n) is 20.0. The second-order valence-corrected chi connectivity index (χ2v) is 8.66. The SMILES string of the molecule is CCCc1[c]c(CCC)cc(C(=O)Cc2c(CCC)cc(CCC)cc2CCC)c1. The van der Waals surface area contributed by atoms with E-state index in [4.69, 9.17) is 0 Å². The Morgan fingerprint density at radius 3 is 1.57 bits per heavy atom. The lowest BCUT2D eigenvalue weighted by Crippen LogP contribution is -2.11. The van der Waals surface area contributed by atoms with Crippen LogP contribution in [0.5, 0.6) is 0 Å². The first-order valence-electron chi connectivity index (χ1n) is 12.3. The molecular weight excluding hydrogens is 364 g/mol. The summed E-state index contributed by atoms with van der Waals surface area (Å²) in [5.74, 6) is 0.261. The van der Waals surface area contributed by atoms with Gasteiger partial charge in [0, 0.05) is 12.0 Å². The third-order valence-electron chi connectivity index (χ3n) is 5.75. The van der Waals surface area contributed by atoms with Crippen LogP contribution in [-0.2, 0) is 38.5 Å². The van der Waals surface area contributed by atoms with Crippen molar-refractivity contribution in [2.75, 3.05) is 0 Å². The lowest BCUT2D eigenvalue weighted by Gasteiger charge is -2.17. The summed E-state index contributed by atoms with van der Waals surface area (Å²) in [4.78, 5) is 13.4. The molecule has 0 amide bonds. The van der Waals surface area contributed by atoms with Gasteiger partial charge in [-0.15, -0.1) is 0 Å². The highest BCUT2D eigenvalue weighted by Gasteiger charge is 2.16. The Morgan fingerprint density at radius 1 is 0.667 bits per heavy atom. The molecule has 0 fully saturated rings. The minimum atomic E-state index is 0.261. The number of aryl methyl sites for hydroxylation is 5. The molecule has 2 aromatic rings. The van der Waals surface area contributed by atoms with E-state index >= 15 is 0 Å². The molecule has 30 heavy (non-hydrogen) atoms. The van der Waals surface area contributed by atoms with Gasteiger partial charge in [0.2, 0.25) is 0 Å². The van der Waals surface area contributed by atoms with Crippen LogP contribution in [0.4, 0.5) is 0 Å². The van der Waals surface area contributed by atoms with Crippen LogP contribution in [-0.4, -0.2) is 5.78 Å². The Bertz CT molecular complexity index is 764. The van der Waals surface area contributed by atoms with E-state index in [0.717, 1.165) is 69.8 Å². The normalized spacial score (nSPS) is 11.1. The first-order valence-corrected chi connectivity index (χ1v) is 12.3. The molecular formula is C29H41O. The molecule has 0 heterocycles. The van der Waals surface area contributed by atoms with Crippen molar-refractivity contribution in [3.05, 3.63) is 69.3 Å². The summed E-state index contributed by atoms with van der Waals surface area (Å²) in [6, 6.07) is 12.5. The molecule has 2 aromatic carbocycles. The molecule has 0 aromatic heterocycles. The van der Waals surface area contributed by atoms with Gasteiger partial charge in [0.1, 0.15) is 0 Å². The van der Waals surface area contributed by atoms with Gasteiger partial charge in [-0.05, 0) is 83.7 Å². The molecule has 0 bridgehead atoms. The molecule has 0 aliphatic heterocycles. The summed E-state index contributed by atoms with van der Waals surface area (Å²) in [7, 11) is 0. The van der Waals surface area contributed by atoms with E-state index in [2.05, 4.69) is 65.0 Å². The van der Waals surface area contributed by atoms with Gasteiger partial charge in [-0.2, -0.15) is 0 Å². The van der Waals surface area contributed by atoms with Crippen molar-refractivity contribution in [3.8, 4) is 0 Å². The predicted molar refractivity (Wildman–Crippen MR) is 130 cm³/mol. The third kappa shape index (κ3) is 6.83. The quantitative estimate of drug-likeness (QED) is 0.312. The summed E-state index contributed by atoms with van der Waals surface area (Å²) in [6.07, 6.45) is 11.3. The van der Waals surface area contributed by atoms with Crippen molar-refractivity contribution in [1.82, 2.24) is 0 Å². The predicted octanol–water partition coefficient (Wildman–Crippen LogP) is 7.67. The lowest BCUT2D eigenvalue weighted by atomic mass is 9.87. The van der Waals surface area contributed by atoms with Gasteiger partial charge in [-0.1, -0.05) is 78.9 Å². The van der Waals surface area contributed by atoms with Crippen LogP contribution in [0.25, 0.3) is 0 Å². The highest BCUT2D eigenvalue weighted by molar-refractivity contribution is 5.98. The molecule has 1 nitrogen and oxygen atoms in total. The van der Waals surface area contributed by atoms with Gasteiger partial charge < -0.3 is 0 Å². The molecule has 0 unspecified atom stereocenters. The maximum Gasteiger partial charge on any atom is 0.167 e. The molecule has 0 saturated heterocycles. The van der Waals surface area contributed by atoms with Crippen molar-refractivity contribution in [2.24, 2.45) is 0 Å². The Balaban J connectivity index is 2.43. The second-order valence-electron chi connectivity index (χ2n) is 8.66. The monoisotopic (exact) mass is 405 g/mol. The number of carbonyl (C=O) groups is 1. The first kappa shape index (κ1) is 24.4. The molecule has 1 radical (unpaired) electrons. The number of Topliss-reactive ketones (excluding diaryl/α,β-unsaturated/α-hetero) is 1. The van der Waals surface area contributed by atoms with Gasteiger partial charge in [0.15, 0.2) is 5.78 Å². The Labute approximate surface area is 185 Å². The summed E-state index contributed by atoms with van der Waals surface area (Å²) >= 11 is 0. The highest BCUT2D eigenvalue weighted by Crippen LogP contribution is 2.25. The maximum atomic E-state index is 13.4. The smallest absolute Gasteiger partial charge is 0.167 e. The van der Waals surface area contributed by atoms with E-state index in [9.17, 15) is 4.79 Å². The van der Waals surface area contributed by atoms with Crippen LogP contribution in [0.15, 0.2) is 24.3 Å². The Hall–Kier alpha value is -1.89. The second kappa shape index (κ2) is 12.7. The molecule has 0 aliphatic rings. The van der Waals surface area contributed by atoms with Crippen molar-refractivity contribution >= 4 is 5.78 Å². The van der Waals surface area contributed by atoms with Crippen molar-refractivity contribution < 1.29 is 4.79 Å². The number of benzene rings is 2. The summed E-state index contributed by atoms with van der Waals surface area (Å²) in [5.41, 5.74) is 8.77. The van der Waals surface area contributed by atoms with Crippen LogP contribution >= 0.6 is 0 Å². The van der Waals surface area contributed by atoms with Crippen LogP contribution in [0.1, 0.15) is 110 Å². The largest absolute Gasteiger partial charge is 0.294 e. The van der Waals surface area contributed by atoms with Crippen molar-refractivity contribution in [1.29, 1.82) is 0 Å². The Morgan fingerprint density at radius 2 is 1.13 bits per heavy atom. The van der Waals surface area contributed by atoms with Gasteiger partial charge >= 0.3 is 0 Å². The minimum absolute atomic E-state index is 0.261. The molecule has 0 aliphatic carbocycles.